The fraction of sp³-hybridized carbons (Fsp3) is 0.643. The predicted octanol–water partition coefficient (Wildman–Crippen LogP) is 2.29. The van der Waals surface area contributed by atoms with Gasteiger partial charge in [0, 0.05) is 19.6 Å². The zero-order chi connectivity index (χ0) is 13.4. The second-order valence-corrected chi connectivity index (χ2v) is 4.65. The maximum atomic E-state index is 4.63. The summed E-state index contributed by atoms with van der Waals surface area (Å²) in [6, 6.07) is 6.16. The number of rotatable bonds is 8. The van der Waals surface area contributed by atoms with E-state index < -0.39 is 0 Å². The molecule has 1 aromatic heterocycles. The van der Waals surface area contributed by atoms with Crippen LogP contribution in [0.3, 0.4) is 0 Å². The second-order valence-electron chi connectivity index (χ2n) is 4.65. The van der Waals surface area contributed by atoms with Crippen LogP contribution in [0.1, 0.15) is 20.3 Å². The molecule has 0 saturated heterocycles. The molecule has 0 bridgehead atoms. The van der Waals surface area contributed by atoms with Crippen molar-refractivity contribution in [1.82, 2.24) is 9.88 Å². The number of nitrogens with zero attached hydrogens (tertiary/aromatic N) is 3. The Morgan fingerprint density at radius 3 is 2.56 bits per heavy atom. The molecule has 18 heavy (non-hydrogen) atoms. The zero-order valence-corrected chi connectivity index (χ0v) is 12.1. The first kappa shape index (κ1) is 14.8. The summed E-state index contributed by atoms with van der Waals surface area (Å²) in [6.45, 7) is 8.33. The molecule has 0 aliphatic carbocycles. The predicted molar refractivity (Wildman–Crippen MR) is 79.5 cm³/mol. The van der Waals surface area contributed by atoms with Crippen molar-refractivity contribution in [3.05, 3.63) is 18.2 Å². The van der Waals surface area contributed by atoms with Crippen molar-refractivity contribution in [1.29, 1.82) is 0 Å². The summed E-state index contributed by atoms with van der Waals surface area (Å²) in [4.78, 5) is 9.17. The van der Waals surface area contributed by atoms with Crippen molar-refractivity contribution >= 4 is 11.6 Å². The van der Waals surface area contributed by atoms with Crippen LogP contribution in [-0.4, -0.2) is 50.2 Å². The van der Waals surface area contributed by atoms with Crippen LogP contribution in [0.15, 0.2) is 18.2 Å². The van der Waals surface area contributed by atoms with E-state index in [0.29, 0.717) is 0 Å². The van der Waals surface area contributed by atoms with Gasteiger partial charge in [-0.25, -0.2) is 4.98 Å². The molecule has 0 unspecified atom stereocenters. The molecule has 0 amide bonds. The summed E-state index contributed by atoms with van der Waals surface area (Å²) in [7, 11) is 4.22. The summed E-state index contributed by atoms with van der Waals surface area (Å²) < 4.78 is 0. The summed E-state index contributed by atoms with van der Waals surface area (Å²) in [6.07, 6.45) is 1.16. The summed E-state index contributed by atoms with van der Waals surface area (Å²) >= 11 is 0. The molecule has 0 aliphatic rings. The molecular formula is C14H26N4. The van der Waals surface area contributed by atoms with Gasteiger partial charge in [-0.3, -0.25) is 0 Å². The highest BCUT2D eigenvalue weighted by atomic mass is 15.2. The average Bonchev–Trinajstić information content (AvgIpc) is 2.35. The van der Waals surface area contributed by atoms with Crippen molar-refractivity contribution in [2.45, 2.75) is 20.3 Å². The largest absolute Gasteiger partial charge is 0.370 e. The molecule has 1 aromatic rings. The topological polar surface area (TPSA) is 31.4 Å². The SMILES string of the molecule is CCNc1cccc(N(CC)CCCN(C)C)n1. The van der Waals surface area contributed by atoms with Gasteiger partial charge in [0.15, 0.2) is 0 Å². The Balaban J connectivity index is 2.60. The highest BCUT2D eigenvalue weighted by molar-refractivity contribution is 5.46. The zero-order valence-electron chi connectivity index (χ0n) is 12.1. The Labute approximate surface area is 111 Å². The molecule has 0 aromatic carbocycles. The van der Waals surface area contributed by atoms with Crippen molar-refractivity contribution in [2.24, 2.45) is 0 Å². The highest BCUT2D eigenvalue weighted by Crippen LogP contribution is 2.14. The van der Waals surface area contributed by atoms with E-state index in [0.717, 1.165) is 44.2 Å². The fourth-order valence-electron chi connectivity index (χ4n) is 1.89. The van der Waals surface area contributed by atoms with Gasteiger partial charge in [-0.1, -0.05) is 6.07 Å². The summed E-state index contributed by atoms with van der Waals surface area (Å²) in [5, 5.41) is 3.26. The minimum Gasteiger partial charge on any atom is -0.370 e. The number of hydrogen-bond donors (Lipinski definition) is 1. The summed E-state index contributed by atoms with van der Waals surface area (Å²) in [5.41, 5.74) is 0. The molecule has 0 saturated carbocycles. The lowest BCUT2D eigenvalue weighted by molar-refractivity contribution is 0.400. The number of aromatic nitrogens is 1. The lowest BCUT2D eigenvalue weighted by atomic mass is 10.3. The normalized spacial score (nSPS) is 10.7. The van der Waals surface area contributed by atoms with Gasteiger partial charge in [-0.05, 0) is 53.0 Å². The third-order valence-electron chi connectivity index (χ3n) is 2.83. The highest BCUT2D eigenvalue weighted by Gasteiger charge is 2.06. The van der Waals surface area contributed by atoms with Crippen LogP contribution < -0.4 is 10.2 Å². The molecule has 0 aliphatic heterocycles. The molecule has 102 valence electrons. The van der Waals surface area contributed by atoms with Gasteiger partial charge in [0.2, 0.25) is 0 Å². The standard InChI is InChI=1S/C14H26N4/c1-5-15-13-9-7-10-14(16-13)18(6-2)12-8-11-17(3)4/h7,9-10H,5-6,8,11-12H2,1-4H3,(H,15,16). The van der Waals surface area contributed by atoms with Crippen LogP contribution >= 0.6 is 0 Å². The number of pyridine rings is 1. The number of anilines is 2. The molecule has 0 atom stereocenters. The molecule has 4 nitrogen and oxygen atoms in total. The Kier molecular flexibility index (Phi) is 6.50. The fourth-order valence-corrected chi connectivity index (χ4v) is 1.89. The van der Waals surface area contributed by atoms with Crippen molar-refractivity contribution in [3.8, 4) is 0 Å². The lowest BCUT2D eigenvalue weighted by Crippen LogP contribution is -2.27. The summed E-state index contributed by atoms with van der Waals surface area (Å²) in [5.74, 6) is 2.02. The van der Waals surface area contributed by atoms with Crippen molar-refractivity contribution in [3.63, 3.8) is 0 Å². The van der Waals surface area contributed by atoms with Gasteiger partial charge in [0.25, 0.3) is 0 Å². The Hall–Kier alpha value is -1.29. The van der Waals surface area contributed by atoms with Gasteiger partial charge < -0.3 is 15.1 Å². The van der Waals surface area contributed by atoms with Gasteiger partial charge in [0.1, 0.15) is 11.6 Å². The first-order chi connectivity index (χ1) is 8.67. The van der Waals surface area contributed by atoms with E-state index in [1.54, 1.807) is 0 Å². The van der Waals surface area contributed by atoms with Gasteiger partial charge >= 0.3 is 0 Å². The second kappa shape index (κ2) is 7.93. The smallest absolute Gasteiger partial charge is 0.130 e. The monoisotopic (exact) mass is 250 g/mol. The van der Waals surface area contributed by atoms with Crippen LogP contribution in [0, 0.1) is 0 Å². The minimum absolute atomic E-state index is 0.906. The van der Waals surface area contributed by atoms with E-state index in [9.17, 15) is 0 Å². The van der Waals surface area contributed by atoms with Gasteiger partial charge in [-0.15, -0.1) is 0 Å². The van der Waals surface area contributed by atoms with Crippen LogP contribution in [0.25, 0.3) is 0 Å². The van der Waals surface area contributed by atoms with Crippen LogP contribution in [-0.2, 0) is 0 Å². The average molecular weight is 250 g/mol. The molecule has 4 heteroatoms. The van der Waals surface area contributed by atoms with E-state index in [1.807, 2.05) is 6.07 Å². The van der Waals surface area contributed by atoms with Gasteiger partial charge in [0.05, 0.1) is 0 Å². The molecule has 0 radical (unpaired) electrons. The molecule has 0 spiro atoms. The quantitative estimate of drug-likeness (QED) is 0.767. The Morgan fingerprint density at radius 2 is 1.94 bits per heavy atom. The van der Waals surface area contributed by atoms with E-state index in [-0.39, 0.29) is 0 Å². The maximum Gasteiger partial charge on any atom is 0.130 e. The molecule has 0 fully saturated rings. The molecule has 1 N–H and O–H groups in total. The first-order valence-corrected chi connectivity index (χ1v) is 6.78. The third kappa shape index (κ3) is 4.92. The Bertz CT molecular complexity index is 338. The number of nitrogens with one attached hydrogen (secondary N) is 1. The van der Waals surface area contributed by atoms with Crippen LogP contribution in [0.4, 0.5) is 11.6 Å². The van der Waals surface area contributed by atoms with E-state index >= 15 is 0 Å². The van der Waals surface area contributed by atoms with E-state index in [1.165, 1.54) is 0 Å². The van der Waals surface area contributed by atoms with Crippen LogP contribution in [0.2, 0.25) is 0 Å². The first-order valence-electron chi connectivity index (χ1n) is 6.78. The van der Waals surface area contributed by atoms with Crippen molar-refractivity contribution < 1.29 is 0 Å². The minimum atomic E-state index is 0.906. The third-order valence-corrected chi connectivity index (χ3v) is 2.83. The molecule has 1 rings (SSSR count). The Morgan fingerprint density at radius 1 is 1.17 bits per heavy atom. The maximum absolute atomic E-state index is 4.63. The van der Waals surface area contributed by atoms with Crippen LogP contribution in [0.5, 0.6) is 0 Å². The molecular weight excluding hydrogens is 224 g/mol. The van der Waals surface area contributed by atoms with E-state index in [2.05, 4.69) is 60.2 Å². The number of hydrogen-bond acceptors (Lipinski definition) is 4. The van der Waals surface area contributed by atoms with Gasteiger partial charge in [-0.2, -0.15) is 0 Å². The van der Waals surface area contributed by atoms with E-state index in [4.69, 9.17) is 0 Å². The molecule has 1 heterocycles. The van der Waals surface area contributed by atoms with Crippen molar-refractivity contribution in [2.75, 3.05) is 50.5 Å². The lowest BCUT2D eigenvalue weighted by Gasteiger charge is -2.23.